The van der Waals surface area contributed by atoms with Crippen molar-refractivity contribution in [2.24, 2.45) is 7.05 Å². The minimum atomic E-state index is 0.957. The van der Waals surface area contributed by atoms with Crippen LogP contribution in [0.4, 0.5) is 0 Å². The molecule has 0 unspecified atom stereocenters. The van der Waals surface area contributed by atoms with Crippen LogP contribution in [0, 0.1) is 0 Å². The minimum absolute atomic E-state index is 0.957. The summed E-state index contributed by atoms with van der Waals surface area (Å²) in [5.41, 5.74) is 5.37. The molecule has 0 radical (unpaired) electrons. The smallest absolute Gasteiger partial charge is 0.0931 e. The number of imidazole rings is 1. The molecule has 3 aromatic rings. The second-order valence-corrected chi connectivity index (χ2v) is 4.63. The molecule has 1 aromatic carbocycles. The van der Waals surface area contributed by atoms with Gasteiger partial charge in [-0.25, -0.2) is 4.98 Å². The van der Waals surface area contributed by atoms with Gasteiger partial charge in [-0.05, 0) is 25.2 Å². The molecule has 0 saturated heterocycles. The molecule has 0 spiro atoms. The van der Waals surface area contributed by atoms with E-state index in [1.54, 1.807) is 6.33 Å². The van der Waals surface area contributed by atoms with Gasteiger partial charge in [0.25, 0.3) is 0 Å². The summed E-state index contributed by atoms with van der Waals surface area (Å²) in [7, 11) is 3.95. The molecule has 3 rings (SSSR count). The lowest BCUT2D eigenvalue weighted by Gasteiger charge is -1.99. The zero-order valence-electron chi connectivity index (χ0n) is 11.1. The lowest BCUT2D eigenvalue weighted by atomic mass is 10.1. The number of hydrogen-bond acceptors (Lipinski definition) is 3. The first-order chi connectivity index (χ1) is 9.28. The van der Waals surface area contributed by atoms with Crippen LogP contribution in [0.2, 0.25) is 0 Å². The minimum Gasteiger partial charge on any atom is -0.345 e. The summed E-state index contributed by atoms with van der Waals surface area (Å²) in [4.78, 5) is 7.36. The third-order valence-corrected chi connectivity index (χ3v) is 3.32. The number of fused-ring (bicyclic) bond motifs is 1. The molecule has 2 aromatic heterocycles. The van der Waals surface area contributed by atoms with Crippen molar-refractivity contribution in [1.29, 1.82) is 0 Å². The second kappa shape index (κ2) is 4.85. The van der Waals surface area contributed by atoms with Crippen molar-refractivity contribution in [1.82, 2.24) is 25.1 Å². The van der Waals surface area contributed by atoms with E-state index in [2.05, 4.69) is 38.6 Å². The van der Waals surface area contributed by atoms with E-state index < -0.39 is 0 Å². The number of likely N-dealkylation sites (N-methyl/N-ethyl adjacent to an activating group) is 1. The summed E-state index contributed by atoms with van der Waals surface area (Å²) in [5.74, 6) is 0. The van der Waals surface area contributed by atoms with Crippen molar-refractivity contribution in [3.05, 3.63) is 36.3 Å². The molecule has 2 heterocycles. The lowest BCUT2D eigenvalue weighted by molar-refractivity contribution is 0.683. The largest absolute Gasteiger partial charge is 0.345 e. The maximum Gasteiger partial charge on any atom is 0.0931 e. The maximum absolute atomic E-state index is 4.58. The Bertz CT molecular complexity index is 695. The van der Waals surface area contributed by atoms with Crippen LogP contribution in [0.1, 0.15) is 5.69 Å². The van der Waals surface area contributed by atoms with E-state index in [-0.39, 0.29) is 0 Å². The summed E-state index contributed by atoms with van der Waals surface area (Å²) in [5, 5.41) is 7.74. The Morgan fingerprint density at radius 1 is 1.32 bits per heavy atom. The highest BCUT2D eigenvalue weighted by atomic mass is 15.3. The summed E-state index contributed by atoms with van der Waals surface area (Å²) in [6.07, 6.45) is 2.69. The van der Waals surface area contributed by atoms with E-state index in [4.69, 9.17) is 0 Å². The molecule has 5 heteroatoms. The van der Waals surface area contributed by atoms with Gasteiger partial charge in [-0.3, -0.25) is 4.68 Å². The van der Waals surface area contributed by atoms with Crippen molar-refractivity contribution in [2.75, 3.05) is 13.6 Å². The molecule has 0 aliphatic carbocycles. The number of nitrogens with one attached hydrogen (secondary N) is 2. The van der Waals surface area contributed by atoms with Gasteiger partial charge < -0.3 is 10.3 Å². The van der Waals surface area contributed by atoms with Crippen molar-refractivity contribution >= 4 is 11.0 Å². The van der Waals surface area contributed by atoms with Crippen LogP contribution in [0.3, 0.4) is 0 Å². The molecule has 0 fully saturated rings. The zero-order chi connectivity index (χ0) is 13.2. The molecule has 19 heavy (non-hydrogen) atoms. The number of H-pyrrole nitrogens is 1. The highest BCUT2D eigenvalue weighted by Crippen LogP contribution is 2.22. The monoisotopic (exact) mass is 255 g/mol. The molecule has 0 aliphatic rings. The Morgan fingerprint density at radius 3 is 3.05 bits per heavy atom. The number of benzene rings is 1. The van der Waals surface area contributed by atoms with Gasteiger partial charge in [-0.2, -0.15) is 5.10 Å². The molecule has 0 aliphatic heterocycles. The lowest BCUT2D eigenvalue weighted by Crippen LogP contribution is -2.12. The van der Waals surface area contributed by atoms with Crippen LogP contribution in [0.15, 0.2) is 30.6 Å². The summed E-state index contributed by atoms with van der Waals surface area (Å²) < 4.78 is 1.95. The van der Waals surface area contributed by atoms with Gasteiger partial charge in [-0.1, -0.05) is 6.07 Å². The number of aromatic amines is 1. The third-order valence-electron chi connectivity index (χ3n) is 3.32. The van der Waals surface area contributed by atoms with Crippen LogP contribution in [0.25, 0.3) is 22.3 Å². The third kappa shape index (κ3) is 2.24. The van der Waals surface area contributed by atoms with E-state index in [0.717, 1.165) is 35.3 Å². The first-order valence-electron chi connectivity index (χ1n) is 6.39. The summed E-state index contributed by atoms with van der Waals surface area (Å²) in [6.45, 7) is 0.957. The Morgan fingerprint density at radius 2 is 2.21 bits per heavy atom. The molecule has 0 amide bonds. The fraction of sp³-hybridized carbons (Fsp3) is 0.286. The van der Waals surface area contributed by atoms with Crippen molar-refractivity contribution in [2.45, 2.75) is 6.42 Å². The van der Waals surface area contributed by atoms with E-state index >= 15 is 0 Å². The molecular weight excluding hydrogens is 238 g/mol. The first-order valence-corrected chi connectivity index (χ1v) is 6.39. The second-order valence-electron chi connectivity index (χ2n) is 4.63. The number of rotatable bonds is 4. The molecule has 0 saturated carbocycles. The quantitative estimate of drug-likeness (QED) is 0.746. The maximum atomic E-state index is 4.58. The Labute approximate surface area is 111 Å². The number of hydrogen-bond donors (Lipinski definition) is 2. The van der Waals surface area contributed by atoms with Crippen LogP contribution >= 0.6 is 0 Å². The standard InChI is InChI=1S/C14H17N5/c1-15-6-5-11-8-13(18-19(11)2)10-3-4-12-14(7-10)17-9-16-12/h3-4,7-9,15H,5-6H2,1-2H3,(H,16,17). The van der Waals surface area contributed by atoms with Gasteiger partial charge in [0.15, 0.2) is 0 Å². The molecule has 5 nitrogen and oxygen atoms in total. The summed E-state index contributed by atoms with van der Waals surface area (Å²) in [6, 6.07) is 8.32. The van der Waals surface area contributed by atoms with Crippen molar-refractivity contribution in [3.8, 4) is 11.3 Å². The van der Waals surface area contributed by atoms with Gasteiger partial charge in [-0.15, -0.1) is 0 Å². The van der Waals surface area contributed by atoms with Crippen LogP contribution in [0.5, 0.6) is 0 Å². The highest BCUT2D eigenvalue weighted by Gasteiger charge is 2.08. The van der Waals surface area contributed by atoms with Gasteiger partial charge in [0, 0.05) is 31.3 Å². The van der Waals surface area contributed by atoms with Gasteiger partial charge >= 0.3 is 0 Å². The Hall–Kier alpha value is -2.14. The fourth-order valence-electron chi connectivity index (χ4n) is 2.23. The highest BCUT2D eigenvalue weighted by molar-refractivity contribution is 5.80. The molecule has 2 N–H and O–H groups in total. The van der Waals surface area contributed by atoms with Gasteiger partial charge in [0.2, 0.25) is 0 Å². The Balaban J connectivity index is 1.96. The van der Waals surface area contributed by atoms with Crippen LogP contribution < -0.4 is 5.32 Å². The zero-order valence-corrected chi connectivity index (χ0v) is 11.1. The Kier molecular flexibility index (Phi) is 3.05. The van der Waals surface area contributed by atoms with Crippen molar-refractivity contribution < 1.29 is 0 Å². The molecular formula is C14H17N5. The van der Waals surface area contributed by atoms with E-state index in [0.29, 0.717) is 0 Å². The molecule has 0 atom stereocenters. The molecule has 0 bridgehead atoms. The van der Waals surface area contributed by atoms with Gasteiger partial charge in [0.05, 0.1) is 23.1 Å². The van der Waals surface area contributed by atoms with Gasteiger partial charge in [0.1, 0.15) is 0 Å². The van der Waals surface area contributed by atoms with E-state index in [9.17, 15) is 0 Å². The van der Waals surface area contributed by atoms with E-state index in [1.807, 2.05) is 24.8 Å². The summed E-state index contributed by atoms with van der Waals surface area (Å²) >= 11 is 0. The van der Waals surface area contributed by atoms with Crippen LogP contribution in [-0.4, -0.2) is 33.3 Å². The number of aromatic nitrogens is 4. The predicted molar refractivity (Wildman–Crippen MR) is 75.9 cm³/mol. The SMILES string of the molecule is CNCCc1cc(-c2ccc3nc[nH]c3c2)nn1C. The first kappa shape index (κ1) is 11.9. The average Bonchev–Trinajstić information content (AvgIpc) is 3.02. The predicted octanol–water partition coefficient (Wildman–Crippen LogP) is 1.73. The number of nitrogens with zero attached hydrogens (tertiary/aromatic N) is 3. The van der Waals surface area contributed by atoms with E-state index in [1.165, 1.54) is 5.69 Å². The van der Waals surface area contributed by atoms with Crippen molar-refractivity contribution in [3.63, 3.8) is 0 Å². The fourth-order valence-corrected chi connectivity index (χ4v) is 2.23. The molecule has 98 valence electrons. The average molecular weight is 255 g/mol. The topological polar surface area (TPSA) is 58.5 Å². The normalized spacial score (nSPS) is 11.3. The number of aryl methyl sites for hydroxylation is 1. The van der Waals surface area contributed by atoms with Crippen LogP contribution in [-0.2, 0) is 13.5 Å².